The smallest absolute Gasteiger partial charge is 0.123 e. The maximum absolute atomic E-state index is 13.0. The lowest BCUT2D eigenvalue weighted by Crippen LogP contribution is -2.39. The highest BCUT2D eigenvalue weighted by Crippen LogP contribution is 2.16. The van der Waals surface area contributed by atoms with Gasteiger partial charge in [0.2, 0.25) is 0 Å². The van der Waals surface area contributed by atoms with Crippen LogP contribution in [0.5, 0.6) is 5.75 Å². The Hall–Kier alpha value is -1.95. The van der Waals surface area contributed by atoms with Gasteiger partial charge in [0.1, 0.15) is 24.3 Å². The molecular formula is C22H28FNO3. The highest BCUT2D eigenvalue weighted by molar-refractivity contribution is 5.22. The molecule has 1 saturated heterocycles. The van der Waals surface area contributed by atoms with E-state index in [-0.39, 0.29) is 18.5 Å². The molecule has 1 aliphatic heterocycles. The van der Waals surface area contributed by atoms with Crippen LogP contribution in [0.2, 0.25) is 0 Å². The normalized spacial score (nSPS) is 18.0. The molecule has 0 aromatic heterocycles. The molecule has 1 heterocycles. The van der Waals surface area contributed by atoms with Crippen molar-refractivity contribution in [2.75, 3.05) is 26.3 Å². The molecule has 0 spiro atoms. The Morgan fingerprint density at radius 1 is 1.19 bits per heavy atom. The van der Waals surface area contributed by atoms with Crippen LogP contribution in [0.15, 0.2) is 48.5 Å². The Bertz CT molecular complexity index is 684. The molecule has 0 amide bonds. The van der Waals surface area contributed by atoms with Gasteiger partial charge in [-0.15, -0.1) is 0 Å². The van der Waals surface area contributed by atoms with Crippen molar-refractivity contribution in [1.82, 2.24) is 4.90 Å². The fourth-order valence-corrected chi connectivity index (χ4v) is 3.31. The summed E-state index contributed by atoms with van der Waals surface area (Å²) in [7, 11) is 0. The van der Waals surface area contributed by atoms with E-state index in [1.54, 1.807) is 12.1 Å². The molecule has 3 rings (SSSR count). The average molecular weight is 373 g/mol. The average Bonchev–Trinajstić information content (AvgIpc) is 3.16. The second-order valence-electron chi connectivity index (χ2n) is 7.23. The number of rotatable bonds is 9. The van der Waals surface area contributed by atoms with Crippen LogP contribution in [0, 0.1) is 12.7 Å². The third kappa shape index (κ3) is 6.61. The summed E-state index contributed by atoms with van der Waals surface area (Å²) < 4.78 is 24.3. The number of hydrogen-bond donors (Lipinski definition) is 1. The van der Waals surface area contributed by atoms with Crippen LogP contribution in [0.4, 0.5) is 4.39 Å². The molecule has 0 bridgehead atoms. The Morgan fingerprint density at radius 2 is 1.93 bits per heavy atom. The number of benzene rings is 2. The summed E-state index contributed by atoms with van der Waals surface area (Å²) in [6, 6.07) is 14.3. The maximum atomic E-state index is 13.0. The third-order valence-corrected chi connectivity index (χ3v) is 4.74. The van der Waals surface area contributed by atoms with Gasteiger partial charge in [0.05, 0.1) is 6.10 Å². The quantitative estimate of drug-likeness (QED) is 0.730. The second-order valence-corrected chi connectivity index (χ2v) is 7.23. The lowest BCUT2D eigenvalue weighted by Gasteiger charge is -2.27. The lowest BCUT2D eigenvalue weighted by atomic mass is 10.1. The standard InChI is InChI=1S/C22H28FNO3/c1-17-4-6-18(7-5-17)13-24(15-22-3-2-12-26-22)14-20(25)16-27-21-10-8-19(23)9-11-21/h4-11,20,22,25H,2-3,12-16H2,1H3. The largest absolute Gasteiger partial charge is 0.491 e. The van der Waals surface area contributed by atoms with E-state index in [1.807, 2.05) is 0 Å². The molecule has 1 fully saturated rings. The zero-order chi connectivity index (χ0) is 19.1. The van der Waals surface area contributed by atoms with E-state index in [2.05, 4.69) is 36.1 Å². The van der Waals surface area contributed by atoms with Crippen LogP contribution in [-0.4, -0.2) is 48.5 Å². The number of halogens is 1. The fourth-order valence-electron chi connectivity index (χ4n) is 3.31. The van der Waals surface area contributed by atoms with Crippen LogP contribution in [-0.2, 0) is 11.3 Å². The topological polar surface area (TPSA) is 41.9 Å². The van der Waals surface area contributed by atoms with Crippen LogP contribution in [0.3, 0.4) is 0 Å². The zero-order valence-electron chi connectivity index (χ0n) is 15.8. The molecule has 2 atom stereocenters. The zero-order valence-corrected chi connectivity index (χ0v) is 15.8. The Balaban J connectivity index is 1.55. The summed E-state index contributed by atoms with van der Waals surface area (Å²) in [6.07, 6.45) is 1.74. The molecule has 0 saturated carbocycles. The molecule has 27 heavy (non-hydrogen) atoms. The predicted molar refractivity (Wildman–Crippen MR) is 103 cm³/mol. The molecule has 1 aliphatic rings. The third-order valence-electron chi connectivity index (χ3n) is 4.74. The van der Waals surface area contributed by atoms with Gasteiger partial charge in [0.25, 0.3) is 0 Å². The van der Waals surface area contributed by atoms with E-state index in [4.69, 9.17) is 9.47 Å². The van der Waals surface area contributed by atoms with E-state index in [9.17, 15) is 9.50 Å². The Morgan fingerprint density at radius 3 is 2.59 bits per heavy atom. The molecule has 1 N–H and O–H groups in total. The summed E-state index contributed by atoms with van der Waals surface area (Å²) in [5.41, 5.74) is 2.45. The molecule has 146 valence electrons. The first kappa shape index (κ1) is 19.8. The summed E-state index contributed by atoms with van der Waals surface area (Å²) >= 11 is 0. The molecule has 2 unspecified atom stereocenters. The van der Waals surface area contributed by atoms with Crippen molar-refractivity contribution in [3.63, 3.8) is 0 Å². The predicted octanol–water partition coefficient (Wildman–Crippen LogP) is 3.56. The number of aryl methyl sites for hydroxylation is 1. The summed E-state index contributed by atoms with van der Waals surface area (Å²) in [6.45, 7) is 5.11. The van der Waals surface area contributed by atoms with Gasteiger partial charge in [-0.3, -0.25) is 4.90 Å². The lowest BCUT2D eigenvalue weighted by molar-refractivity contribution is 0.0313. The minimum atomic E-state index is -0.637. The van der Waals surface area contributed by atoms with E-state index in [1.165, 1.54) is 23.3 Å². The molecular weight excluding hydrogens is 345 g/mol. The highest BCUT2D eigenvalue weighted by atomic mass is 19.1. The first-order chi connectivity index (χ1) is 13.1. The van der Waals surface area contributed by atoms with E-state index in [0.717, 1.165) is 32.5 Å². The van der Waals surface area contributed by atoms with Crippen LogP contribution >= 0.6 is 0 Å². The molecule has 2 aromatic carbocycles. The second kappa shape index (κ2) is 9.83. The van der Waals surface area contributed by atoms with Crippen LogP contribution in [0.1, 0.15) is 24.0 Å². The van der Waals surface area contributed by atoms with Crippen molar-refractivity contribution < 1.29 is 19.0 Å². The monoisotopic (exact) mass is 373 g/mol. The van der Waals surface area contributed by atoms with Gasteiger partial charge in [0.15, 0.2) is 0 Å². The number of nitrogens with zero attached hydrogens (tertiary/aromatic N) is 1. The van der Waals surface area contributed by atoms with Gasteiger partial charge in [0, 0.05) is 26.2 Å². The van der Waals surface area contributed by atoms with Crippen molar-refractivity contribution in [1.29, 1.82) is 0 Å². The van der Waals surface area contributed by atoms with Gasteiger partial charge < -0.3 is 14.6 Å². The number of aliphatic hydroxyl groups is 1. The molecule has 5 heteroatoms. The van der Waals surface area contributed by atoms with Crippen molar-refractivity contribution in [3.05, 3.63) is 65.5 Å². The minimum absolute atomic E-state index is 0.168. The molecule has 2 aromatic rings. The van der Waals surface area contributed by atoms with Crippen molar-refractivity contribution in [3.8, 4) is 5.75 Å². The first-order valence-electron chi connectivity index (χ1n) is 9.54. The first-order valence-corrected chi connectivity index (χ1v) is 9.54. The van der Waals surface area contributed by atoms with Gasteiger partial charge in [-0.25, -0.2) is 4.39 Å². The molecule has 0 radical (unpaired) electrons. The summed E-state index contributed by atoms with van der Waals surface area (Å²) in [4.78, 5) is 2.22. The molecule has 4 nitrogen and oxygen atoms in total. The van der Waals surface area contributed by atoms with Gasteiger partial charge in [-0.05, 0) is 49.6 Å². The number of aliphatic hydroxyl groups excluding tert-OH is 1. The summed E-state index contributed by atoms with van der Waals surface area (Å²) in [5, 5.41) is 10.4. The fraction of sp³-hybridized carbons (Fsp3) is 0.455. The minimum Gasteiger partial charge on any atom is -0.491 e. The van der Waals surface area contributed by atoms with E-state index in [0.29, 0.717) is 12.3 Å². The van der Waals surface area contributed by atoms with Gasteiger partial charge in [-0.2, -0.15) is 0 Å². The molecule has 0 aliphatic carbocycles. The maximum Gasteiger partial charge on any atom is 0.123 e. The Kier molecular flexibility index (Phi) is 7.21. The van der Waals surface area contributed by atoms with E-state index >= 15 is 0 Å². The van der Waals surface area contributed by atoms with Gasteiger partial charge >= 0.3 is 0 Å². The Labute approximate surface area is 160 Å². The number of hydrogen-bond acceptors (Lipinski definition) is 4. The summed E-state index contributed by atoms with van der Waals surface area (Å²) in [5.74, 6) is 0.253. The SMILES string of the molecule is Cc1ccc(CN(CC(O)COc2ccc(F)cc2)CC2CCCO2)cc1. The van der Waals surface area contributed by atoms with Crippen molar-refractivity contribution >= 4 is 0 Å². The van der Waals surface area contributed by atoms with Gasteiger partial charge in [-0.1, -0.05) is 29.8 Å². The van der Waals surface area contributed by atoms with Crippen LogP contribution < -0.4 is 4.74 Å². The van der Waals surface area contributed by atoms with E-state index < -0.39 is 6.10 Å². The van der Waals surface area contributed by atoms with Crippen molar-refractivity contribution in [2.24, 2.45) is 0 Å². The number of ether oxygens (including phenoxy) is 2. The van der Waals surface area contributed by atoms with Crippen molar-refractivity contribution in [2.45, 2.75) is 38.5 Å². The van der Waals surface area contributed by atoms with Crippen LogP contribution in [0.25, 0.3) is 0 Å². The highest BCUT2D eigenvalue weighted by Gasteiger charge is 2.21.